The lowest BCUT2D eigenvalue weighted by Gasteiger charge is -2.33. The number of hydrogen-bond acceptors (Lipinski definition) is 3. The summed E-state index contributed by atoms with van der Waals surface area (Å²) in [6.45, 7) is 7.13. The van der Waals surface area contributed by atoms with Crippen molar-refractivity contribution >= 4 is 0 Å². The number of rotatable bonds is 13. The average molecular weight is 431 g/mol. The van der Waals surface area contributed by atoms with E-state index in [2.05, 4.69) is 54.1 Å². The number of benzene rings is 3. The van der Waals surface area contributed by atoms with Gasteiger partial charge in [0.05, 0.1) is 0 Å². The van der Waals surface area contributed by atoms with E-state index in [9.17, 15) is 5.11 Å². The van der Waals surface area contributed by atoms with Crippen LogP contribution in [0.4, 0.5) is 0 Å². The molecule has 3 aromatic rings. The minimum absolute atomic E-state index is 0.674. The molecule has 32 heavy (non-hydrogen) atoms. The molecule has 0 heterocycles. The first-order valence-corrected chi connectivity index (χ1v) is 11.9. The standard InChI is InChI=1S/C29H38N2O/c1-3-4-21-31(24-23-30(2)25-26-14-8-5-9-15-26)22-20-29(32,27-16-10-6-11-17-27)28-18-12-7-13-19-28/h5-19,32H,3-4,20-25H2,1-2H3. The number of likely N-dealkylation sites (N-methyl/N-ethyl adjacent to an activating group) is 1. The molecule has 3 nitrogen and oxygen atoms in total. The molecule has 0 saturated carbocycles. The van der Waals surface area contributed by atoms with E-state index in [0.29, 0.717) is 6.42 Å². The van der Waals surface area contributed by atoms with Gasteiger partial charge in [-0.05, 0) is 43.1 Å². The Kier molecular flexibility index (Phi) is 9.48. The Morgan fingerprint density at radius 1 is 0.688 bits per heavy atom. The summed E-state index contributed by atoms with van der Waals surface area (Å²) in [4.78, 5) is 4.90. The van der Waals surface area contributed by atoms with Gasteiger partial charge >= 0.3 is 0 Å². The summed E-state index contributed by atoms with van der Waals surface area (Å²) < 4.78 is 0. The predicted molar refractivity (Wildman–Crippen MR) is 135 cm³/mol. The van der Waals surface area contributed by atoms with Gasteiger partial charge in [0.25, 0.3) is 0 Å². The Bertz CT molecular complexity index is 843. The zero-order valence-electron chi connectivity index (χ0n) is 19.7. The summed E-state index contributed by atoms with van der Waals surface area (Å²) in [5, 5.41) is 11.9. The Labute approximate surface area is 194 Å². The highest BCUT2D eigenvalue weighted by Gasteiger charge is 2.31. The van der Waals surface area contributed by atoms with Gasteiger partial charge in [-0.3, -0.25) is 0 Å². The molecule has 0 aliphatic rings. The van der Waals surface area contributed by atoms with Crippen LogP contribution < -0.4 is 0 Å². The third-order valence-corrected chi connectivity index (χ3v) is 6.21. The van der Waals surface area contributed by atoms with E-state index in [0.717, 1.165) is 43.9 Å². The summed E-state index contributed by atoms with van der Waals surface area (Å²) in [6.07, 6.45) is 3.03. The van der Waals surface area contributed by atoms with Gasteiger partial charge < -0.3 is 14.9 Å². The lowest BCUT2D eigenvalue weighted by molar-refractivity contribution is 0.0558. The third kappa shape index (κ3) is 7.03. The van der Waals surface area contributed by atoms with Gasteiger partial charge in [0.2, 0.25) is 0 Å². The Hall–Kier alpha value is -2.46. The summed E-state index contributed by atoms with van der Waals surface area (Å²) in [6, 6.07) is 30.8. The molecule has 0 amide bonds. The SMILES string of the molecule is CCCCN(CCN(C)Cc1ccccc1)CCC(O)(c1ccccc1)c1ccccc1. The van der Waals surface area contributed by atoms with Crippen molar-refractivity contribution in [2.45, 2.75) is 38.3 Å². The van der Waals surface area contributed by atoms with E-state index in [1.165, 1.54) is 18.4 Å². The van der Waals surface area contributed by atoms with Gasteiger partial charge in [-0.2, -0.15) is 0 Å². The second kappa shape index (κ2) is 12.5. The van der Waals surface area contributed by atoms with Crippen molar-refractivity contribution < 1.29 is 5.11 Å². The van der Waals surface area contributed by atoms with E-state index >= 15 is 0 Å². The van der Waals surface area contributed by atoms with Crippen LogP contribution in [-0.4, -0.2) is 48.1 Å². The molecule has 0 radical (unpaired) electrons. The molecule has 0 aliphatic carbocycles. The van der Waals surface area contributed by atoms with E-state index in [1.807, 2.05) is 60.7 Å². The molecule has 0 aromatic heterocycles. The predicted octanol–water partition coefficient (Wildman–Crippen LogP) is 5.55. The van der Waals surface area contributed by atoms with Crippen molar-refractivity contribution in [2.75, 3.05) is 33.2 Å². The zero-order valence-corrected chi connectivity index (χ0v) is 19.7. The molecule has 0 spiro atoms. The molecule has 3 rings (SSSR count). The van der Waals surface area contributed by atoms with Crippen LogP contribution in [0.2, 0.25) is 0 Å². The lowest BCUT2D eigenvalue weighted by Crippen LogP contribution is -2.38. The number of unbranched alkanes of at least 4 members (excludes halogenated alkanes) is 1. The second-order valence-corrected chi connectivity index (χ2v) is 8.76. The normalized spacial score (nSPS) is 11.9. The van der Waals surface area contributed by atoms with Crippen LogP contribution >= 0.6 is 0 Å². The van der Waals surface area contributed by atoms with Gasteiger partial charge in [0, 0.05) is 26.2 Å². The van der Waals surface area contributed by atoms with Crippen LogP contribution in [0.3, 0.4) is 0 Å². The van der Waals surface area contributed by atoms with Crippen molar-refractivity contribution in [1.29, 1.82) is 0 Å². The Morgan fingerprint density at radius 2 is 1.22 bits per heavy atom. The van der Waals surface area contributed by atoms with Crippen LogP contribution in [0.15, 0.2) is 91.0 Å². The highest BCUT2D eigenvalue weighted by Crippen LogP contribution is 2.33. The zero-order chi connectivity index (χ0) is 22.7. The van der Waals surface area contributed by atoms with Crippen LogP contribution in [0.1, 0.15) is 42.9 Å². The maximum absolute atomic E-state index is 11.9. The maximum Gasteiger partial charge on any atom is 0.116 e. The number of aliphatic hydroxyl groups is 1. The summed E-state index contributed by atoms with van der Waals surface area (Å²) >= 11 is 0. The third-order valence-electron chi connectivity index (χ3n) is 6.21. The smallest absolute Gasteiger partial charge is 0.116 e. The van der Waals surface area contributed by atoms with Crippen LogP contribution in [-0.2, 0) is 12.1 Å². The fourth-order valence-corrected chi connectivity index (χ4v) is 4.21. The number of hydrogen-bond donors (Lipinski definition) is 1. The molecule has 0 fully saturated rings. The first-order valence-electron chi connectivity index (χ1n) is 11.9. The van der Waals surface area contributed by atoms with Gasteiger partial charge in [0.1, 0.15) is 5.60 Å². The first kappa shape index (κ1) is 24.2. The second-order valence-electron chi connectivity index (χ2n) is 8.76. The molecule has 0 unspecified atom stereocenters. The average Bonchev–Trinajstić information content (AvgIpc) is 2.85. The monoisotopic (exact) mass is 430 g/mol. The van der Waals surface area contributed by atoms with E-state index in [4.69, 9.17) is 0 Å². The number of nitrogens with zero attached hydrogens (tertiary/aromatic N) is 2. The fourth-order valence-electron chi connectivity index (χ4n) is 4.21. The van der Waals surface area contributed by atoms with Crippen LogP contribution in [0, 0.1) is 0 Å². The molecule has 0 atom stereocenters. The fraction of sp³-hybridized carbons (Fsp3) is 0.379. The van der Waals surface area contributed by atoms with Gasteiger partial charge in [0.15, 0.2) is 0 Å². The quantitative estimate of drug-likeness (QED) is 0.385. The molecule has 0 bridgehead atoms. The van der Waals surface area contributed by atoms with E-state index in [-0.39, 0.29) is 0 Å². The molecule has 3 heteroatoms. The summed E-state index contributed by atoms with van der Waals surface area (Å²) in [5.74, 6) is 0. The molecule has 3 aromatic carbocycles. The van der Waals surface area contributed by atoms with Crippen molar-refractivity contribution in [3.63, 3.8) is 0 Å². The van der Waals surface area contributed by atoms with Crippen LogP contribution in [0.25, 0.3) is 0 Å². The highest BCUT2D eigenvalue weighted by atomic mass is 16.3. The van der Waals surface area contributed by atoms with Crippen molar-refractivity contribution in [2.24, 2.45) is 0 Å². The molecular weight excluding hydrogens is 392 g/mol. The van der Waals surface area contributed by atoms with E-state index in [1.54, 1.807) is 0 Å². The van der Waals surface area contributed by atoms with Crippen molar-refractivity contribution in [1.82, 2.24) is 9.80 Å². The molecule has 0 aliphatic heterocycles. The highest BCUT2D eigenvalue weighted by molar-refractivity contribution is 5.35. The molecule has 170 valence electrons. The summed E-state index contributed by atoms with van der Waals surface area (Å²) in [5.41, 5.74) is 2.28. The molecule has 0 saturated heterocycles. The first-order chi connectivity index (χ1) is 15.6. The molecular formula is C29H38N2O. The topological polar surface area (TPSA) is 26.7 Å². The largest absolute Gasteiger partial charge is 0.380 e. The van der Waals surface area contributed by atoms with E-state index < -0.39 is 5.60 Å². The van der Waals surface area contributed by atoms with Gasteiger partial charge in [-0.15, -0.1) is 0 Å². The Morgan fingerprint density at radius 3 is 1.75 bits per heavy atom. The minimum Gasteiger partial charge on any atom is -0.380 e. The minimum atomic E-state index is -0.983. The van der Waals surface area contributed by atoms with Crippen molar-refractivity contribution in [3.05, 3.63) is 108 Å². The van der Waals surface area contributed by atoms with Gasteiger partial charge in [-0.25, -0.2) is 0 Å². The van der Waals surface area contributed by atoms with Gasteiger partial charge in [-0.1, -0.05) is 104 Å². The Balaban J connectivity index is 1.66. The van der Waals surface area contributed by atoms with Crippen molar-refractivity contribution in [3.8, 4) is 0 Å². The maximum atomic E-state index is 11.9. The lowest BCUT2D eigenvalue weighted by atomic mass is 9.83. The molecule has 1 N–H and O–H groups in total. The van der Waals surface area contributed by atoms with Crippen LogP contribution in [0.5, 0.6) is 0 Å². The summed E-state index contributed by atoms with van der Waals surface area (Å²) in [7, 11) is 2.19.